The minimum Gasteiger partial charge on any atom is -0.311 e. The van der Waals surface area contributed by atoms with Crippen molar-refractivity contribution >= 4 is 27.7 Å². The van der Waals surface area contributed by atoms with Crippen LogP contribution in [0.4, 0.5) is 0 Å². The Kier molecular flexibility index (Phi) is 3.91. The van der Waals surface area contributed by atoms with E-state index in [1.54, 1.807) is 18.1 Å². The van der Waals surface area contributed by atoms with E-state index in [1.807, 2.05) is 11.6 Å². The van der Waals surface area contributed by atoms with Gasteiger partial charge in [-0.25, -0.2) is 0 Å². The first-order valence-corrected chi connectivity index (χ1v) is 7.87. The molecule has 0 spiro atoms. The Morgan fingerprint density at radius 1 is 1.47 bits per heavy atom. The van der Waals surface area contributed by atoms with Gasteiger partial charge in [0, 0.05) is 29.0 Å². The van der Waals surface area contributed by atoms with Crippen LogP contribution in [0.1, 0.15) is 18.4 Å². The number of hydrogen-bond donors (Lipinski definition) is 1. The lowest BCUT2D eigenvalue weighted by atomic mass is 10.2. The lowest BCUT2D eigenvalue weighted by Gasteiger charge is -2.10. The van der Waals surface area contributed by atoms with Crippen LogP contribution in [-0.2, 0) is 13.6 Å². The van der Waals surface area contributed by atoms with Crippen molar-refractivity contribution in [2.24, 2.45) is 7.05 Å². The summed E-state index contributed by atoms with van der Waals surface area (Å²) in [7, 11) is 1.96. The maximum atomic E-state index is 4.13. The van der Waals surface area contributed by atoms with E-state index in [1.165, 1.54) is 23.3 Å². The van der Waals surface area contributed by atoms with Crippen LogP contribution >= 0.6 is 27.7 Å². The fourth-order valence-electron chi connectivity index (χ4n) is 1.79. The summed E-state index contributed by atoms with van der Waals surface area (Å²) >= 11 is 5.20. The van der Waals surface area contributed by atoms with Crippen molar-refractivity contribution in [3.05, 3.63) is 34.6 Å². The summed E-state index contributed by atoms with van der Waals surface area (Å²) in [5.41, 5.74) is 1.30. The molecular formula is C13H15BrN4S. The quantitative estimate of drug-likeness (QED) is 0.910. The maximum absolute atomic E-state index is 4.13. The van der Waals surface area contributed by atoms with Crippen LogP contribution in [0.15, 0.2) is 39.1 Å². The third-order valence-corrected chi connectivity index (χ3v) is 4.72. The minimum absolute atomic E-state index is 0.714. The molecule has 1 aromatic carbocycles. The summed E-state index contributed by atoms with van der Waals surface area (Å²) in [4.78, 5) is 1.23. The van der Waals surface area contributed by atoms with Crippen molar-refractivity contribution in [1.82, 2.24) is 20.1 Å². The molecule has 6 heteroatoms. The molecule has 1 N–H and O–H groups in total. The first kappa shape index (κ1) is 13.1. The third kappa shape index (κ3) is 3.38. The molecule has 19 heavy (non-hydrogen) atoms. The molecule has 1 aliphatic carbocycles. The van der Waals surface area contributed by atoms with Gasteiger partial charge < -0.3 is 9.88 Å². The van der Waals surface area contributed by atoms with E-state index in [0.717, 1.165) is 16.2 Å². The zero-order valence-corrected chi connectivity index (χ0v) is 13.0. The SMILES string of the molecule is Cn1cnnc1Sc1ccc(Br)cc1CNC1CC1. The summed E-state index contributed by atoms with van der Waals surface area (Å²) in [5, 5.41) is 12.5. The Morgan fingerprint density at radius 2 is 2.32 bits per heavy atom. The van der Waals surface area contributed by atoms with Gasteiger partial charge in [-0.1, -0.05) is 15.9 Å². The second kappa shape index (κ2) is 5.64. The highest BCUT2D eigenvalue weighted by atomic mass is 79.9. The second-order valence-electron chi connectivity index (χ2n) is 4.73. The number of hydrogen-bond acceptors (Lipinski definition) is 4. The van der Waals surface area contributed by atoms with Gasteiger partial charge in [0.1, 0.15) is 6.33 Å². The zero-order valence-electron chi connectivity index (χ0n) is 10.6. The normalized spacial score (nSPS) is 14.8. The fraction of sp³-hybridized carbons (Fsp3) is 0.385. The molecular weight excluding hydrogens is 324 g/mol. The van der Waals surface area contributed by atoms with Gasteiger partial charge in [-0.3, -0.25) is 0 Å². The molecule has 4 nitrogen and oxygen atoms in total. The van der Waals surface area contributed by atoms with Gasteiger partial charge in [-0.2, -0.15) is 0 Å². The topological polar surface area (TPSA) is 42.7 Å². The Hall–Kier alpha value is -0.850. The molecule has 1 aromatic heterocycles. The van der Waals surface area contributed by atoms with Crippen molar-refractivity contribution < 1.29 is 0 Å². The molecule has 2 aromatic rings. The molecule has 1 fully saturated rings. The molecule has 100 valence electrons. The number of nitrogens with one attached hydrogen (secondary N) is 1. The Labute approximate surface area is 125 Å². The van der Waals surface area contributed by atoms with Gasteiger partial charge in [-0.15, -0.1) is 10.2 Å². The second-order valence-corrected chi connectivity index (χ2v) is 6.66. The summed E-state index contributed by atoms with van der Waals surface area (Å²) in [6.07, 6.45) is 4.34. The maximum Gasteiger partial charge on any atom is 0.195 e. The predicted molar refractivity (Wildman–Crippen MR) is 79.1 cm³/mol. The van der Waals surface area contributed by atoms with E-state index in [9.17, 15) is 0 Å². The predicted octanol–water partition coefficient (Wildman–Crippen LogP) is 2.98. The lowest BCUT2D eigenvalue weighted by molar-refractivity contribution is 0.679. The average Bonchev–Trinajstić information content (AvgIpc) is 3.14. The smallest absolute Gasteiger partial charge is 0.195 e. The fourth-order valence-corrected chi connectivity index (χ4v) is 3.07. The number of nitrogens with zero attached hydrogens (tertiary/aromatic N) is 3. The van der Waals surface area contributed by atoms with Gasteiger partial charge in [0.25, 0.3) is 0 Å². The summed E-state index contributed by atoms with van der Waals surface area (Å²) in [6, 6.07) is 7.09. The highest BCUT2D eigenvalue weighted by molar-refractivity contribution is 9.10. The van der Waals surface area contributed by atoms with Crippen LogP contribution in [0.3, 0.4) is 0 Å². The van der Waals surface area contributed by atoms with E-state index in [0.29, 0.717) is 6.04 Å². The van der Waals surface area contributed by atoms with Crippen molar-refractivity contribution in [2.75, 3.05) is 0 Å². The van der Waals surface area contributed by atoms with Crippen molar-refractivity contribution in [1.29, 1.82) is 0 Å². The van der Waals surface area contributed by atoms with E-state index >= 15 is 0 Å². The van der Waals surface area contributed by atoms with Gasteiger partial charge in [0.15, 0.2) is 5.16 Å². The van der Waals surface area contributed by atoms with Crippen molar-refractivity contribution in [3.63, 3.8) is 0 Å². The average molecular weight is 339 g/mol. The van der Waals surface area contributed by atoms with Crippen LogP contribution in [0.2, 0.25) is 0 Å². The van der Waals surface area contributed by atoms with E-state index < -0.39 is 0 Å². The summed E-state index contributed by atoms with van der Waals surface area (Å²) in [5.74, 6) is 0. The molecule has 1 heterocycles. The van der Waals surface area contributed by atoms with E-state index in [2.05, 4.69) is 49.6 Å². The molecule has 0 unspecified atom stereocenters. The molecule has 0 aliphatic heterocycles. The third-order valence-electron chi connectivity index (χ3n) is 3.05. The van der Waals surface area contributed by atoms with E-state index in [4.69, 9.17) is 0 Å². The van der Waals surface area contributed by atoms with Gasteiger partial charge in [-0.05, 0) is 48.4 Å². The van der Waals surface area contributed by atoms with Crippen molar-refractivity contribution in [2.45, 2.75) is 35.5 Å². The minimum atomic E-state index is 0.714. The highest BCUT2D eigenvalue weighted by Crippen LogP contribution is 2.31. The highest BCUT2D eigenvalue weighted by Gasteiger charge is 2.20. The number of aryl methyl sites for hydroxylation is 1. The lowest BCUT2D eigenvalue weighted by Crippen LogP contribution is -2.15. The molecule has 1 saturated carbocycles. The van der Waals surface area contributed by atoms with Crippen LogP contribution in [0.25, 0.3) is 0 Å². The van der Waals surface area contributed by atoms with Crippen LogP contribution in [0.5, 0.6) is 0 Å². The van der Waals surface area contributed by atoms with Crippen LogP contribution < -0.4 is 5.32 Å². The Morgan fingerprint density at radius 3 is 3.00 bits per heavy atom. The molecule has 3 rings (SSSR count). The zero-order chi connectivity index (χ0) is 13.2. The standard InChI is InChI=1S/C13H15BrN4S/c1-18-8-16-17-13(18)19-12-5-2-10(14)6-9(12)7-15-11-3-4-11/h2,5-6,8,11,15H,3-4,7H2,1H3. The molecule has 1 aliphatic rings. The largest absolute Gasteiger partial charge is 0.311 e. The van der Waals surface area contributed by atoms with Gasteiger partial charge >= 0.3 is 0 Å². The monoisotopic (exact) mass is 338 g/mol. The summed E-state index contributed by atoms with van der Waals surface area (Å²) < 4.78 is 3.05. The number of rotatable bonds is 5. The van der Waals surface area contributed by atoms with Crippen LogP contribution in [0, 0.1) is 0 Å². The molecule has 0 bridgehead atoms. The van der Waals surface area contributed by atoms with Gasteiger partial charge in [0.2, 0.25) is 0 Å². The van der Waals surface area contributed by atoms with Gasteiger partial charge in [0.05, 0.1) is 0 Å². The molecule has 0 atom stereocenters. The Balaban J connectivity index is 1.80. The first-order valence-electron chi connectivity index (χ1n) is 6.26. The number of halogens is 1. The van der Waals surface area contributed by atoms with E-state index in [-0.39, 0.29) is 0 Å². The molecule has 0 radical (unpaired) electrons. The first-order chi connectivity index (χ1) is 9.22. The molecule has 0 saturated heterocycles. The van der Waals surface area contributed by atoms with Crippen LogP contribution in [-0.4, -0.2) is 20.8 Å². The van der Waals surface area contributed by atoms with Crippen molar-refractivity contribution in [3.8, 4) is 0 Å². The number of benzene rings is 1. The number of aromatic nitrogens is 3. The molecule has 0 amide bonds. The summed E-state index contributed by atoms with van der Waals surface area (Å²) in [6.45, 7) is 0.907. The Bertz CT molecular complexity index is 580.